The summed E-state index contributed by atoms with van der Waals surface area (Å²) in [6.45, 7) is 0. The third-order valence-corrected chi connectivity index (χ3v) is 3.42. The van der Waals surface area contributed by atoms with Crippen molar-refractivity contribution in [3.63, 3.8) is 0 Å². The van der Waals surface area contributed by atoms with E-state index < -0.39 is 77.0 Å². The van der Waals surface area contributed by atoms with Gasteiger partial charge in [-0.1, -0.05) is 0 Å². The minimum absolute atomic E-state index is 0.488. The second-order valence-corrected chi connectivity index (χ2v) is 5.36. The highest BCUT2D eigenvalue weighted by Crippen LogP contribution is 2.35. The number of non-ortho nitro benzene ring substituents is 2. The first-order valence-corrected chi connectivity index (χ1v) is 7.47. The van der Waals surface area contributed by atoms with Gasteiger partial charge in [-0.25, -0.2) is 9.59 Å². The maximum atomic E-state index is 10.6. The highest BCUT2D eigenvalue weighted by Gasteiger charge is 2.27. The summed E-state index contributed by atoms with van der Waals surface area (Å²) in [5.41, 5.74) is -5.37. The molecule has 2 aromatic carbocycles. The smallest absolute Gasteiger partial charge is 0.340 e. The van der Waals surface area contributed by atoms with Crippen molar-refractivity contribution in [2.45, 2.75) is 0 Å². The summed E-state index contributed by atoms with van der Waals surface area (Å²) in [5, 5.41) is 77.1. The third-order valence-electron chi connectivity index (χ3n) is 3.42. The SMILES string of the molecule is O=C(O)c1cc([N+](=O)[O-])cc([N+](=O)[O-])c1O.O=C(O)c1cc([N+](=O)[O-])cc([N+](=O)[O-])c1O. The lowest BCUT2D eigenvalue weighted by atomic mass is 10.1. The van der Waals surface area contributed by atoms with E-state index in [1.807, 2.05) is 0 Å². The monoisotopic (exact) mass is 456 g/mol. The van der Waals surface area contributed by atoms with Crippen LogP contribution >= 0.6 is 0 Å². The van der Waals surface area contributed by atoms with Gasteiger partial charge >= 0.3 is 23.3 Å². The minimum Gasteiger partial charge on any atom is -0.501 e. The average Bonchev–Trinajstić information content (AvgIpc) is 2.67. The highest BCUT2D eigenvalue weighted by molar-refractivity contribution is 5.94. The Kier molecular flexibility index (Phi) is 7.22. The van der Waals surface area contributed by atoms with E-state index in [2.05, 4.69) is 0 Å². The largest absolute Gasteiger partial charge is 0.501 e. The van der Waals surface area contributed by atoms with Crippen molar-refractivity contribution in [2.75, 3.05) is 0 Å². The fourth-order valence-corrected chi connectivity index (χ4v) is 2.02. The van der Waals surface area contributed by atoms with Gasteiger partial charge in [-0.05, 0) is 0 Å². The number of aromatic carboxylic acids is 2. The van der Waals surface area contributed by atoms with Crippen molar-refractivity contribution in [3.8, 4) is 11.5 Å². The number of hydrogen-bond acceptors (Lipinski definition) is 12. The summed E-state index contributed by atoms with van der Waals surface area (Å²) in [5.74, 6) is -5.60. The molecule has 18 heteroatoms. The van der Waals surface area contributed by atoms with Gasteiger partial charge in [0, 0.05) is 12.1 Å². The zero-order chi connectivity index (χ0) is 24.9. The first-order valence-electron chi connectivity index (χ1n) is 7.47. The van der Waals surface area contributed by atoms with Crippen molar-refractivity contribution >= 4 is 34.7 Å². The van der Waals surface area contributed by atoms with E-state index in [0.29, 0.717) is 24.3 Å². The predicted octanol–water partition coefficient (Wildman–Crippen LogP) is 1.81. The minimum atomic E-state index is -1.69. The van der Waals surface area contributed by atoms with E-state index in [1.54, 1.807) is 0 Å². The number of phenols is 2. The molecule has 0 bridgehead atoms. The van der Waals surface area contributed by atoms with Crippen LogP contribution in [0.2, 0.25) is 0 Å². The number of carboxylic acids is 2. The molecule has 168 valence electrons. The molecule has 0 saturated heterocycles. The number of benzene rings is 2. The lowest BCUT2D eigenvalue weighted by molar-refractivity contribution is -0.395. The van der Waals surface area contributed by atoms with Gasteiger partial charge < -0.3 is 20.4 Å². The van der Waals surface area contributed by atoms with Crippen LogP contribution in [0.3, 0.4) is 0 Å². The highest BCUT2D eigenvalue weighted by atomic mass is 16.6. The van der Waals surface area contributed by atoms with Crippen LogP contribution in [0.5, 0.6) is 11.5 Å². The normalized spacial score (nSPS) is 9.75. The Morgan fingerprint density at radius 2 is 0.875 bits per heavy atom. The summed E-state index contributed by atoms with van der Waals surface area (Å²) in [6, 6.07) is 2.07. The molecule has 0 aromatic heterocycles. The number of rotatable bonds is 6. The maximum absolute atomic E-state index is 10.6. The first-order chi connectivity index (χ1) is 14.7. The molecule has 0 radical (unpaired) electrons. The van der Waals surface area contributed by atoms with E-state index in [4.69, 9.17) is 10.2 Å². The molecule has 32 heavy (non-hydrogen) atoms. The van der Waals surface area contributed by atoms with Crippen LogP contribution in [-0.2, 0) is 0 Å². The summed E-state index contributed by atoms with van der Waals surface area (Å²) < 4.78 is 0. The fraction of sp³-hybridized carbons (Fsp3) is 0. The Hall–Kier alpha value is -5.42. The Labute approximate surface area is 172 Å². The van der Waals surface area contributed by atoms with Crippen molar-refractivity contribution in [3.05, 3.63) is 75.8 Å². The molecular weight excluding hydrogens is 448 g/mol. The molecule has 2 rings (SSSR count). The molecule has 2 aromatic rings. The summed E-state index contributed by atoms with van der Waals surface area (Å²) in [6.07, 6.45) is 0. The van der Waals surface area contributed by atoms with Crippen LogP contribution in [0.25, 0.3) is 0 Å². The van der Waals surface area contributed by atoms with Gasteiger partial charge in [0.05, 0.1) is 31.8 Å². The van der Waals surface area contributed by atoms with Crippen LogP contribution in [0, 0.1) is 40.5 Å². The van der Waals surface area contributed by atoms with Gasteiger partial charge in [0.1, 0.15) is 11.1 Å². The topological polar surface area (TPSA) is 288 Å². The predicted molar refractivity (Wildman–Crippen MR) is 96.7 cm³/mol. The average molecular weight is 456 g/mol. The molecule has 0 amide bonds. The fourth-order valence-electron chi connectivity index (χ4n) is 2.02. The Bertz CT molecular complexity index is 1010. The number of carbonyl (C=O) groups is 2. The van der Waals surface area contributed by atoms with Crippen molar-refractivity contribution in [1.29, 1.82) is 0 Å². The molecular formula is C14H8N4O14. The molecule has 0 spiro atoms. The van der Waals surface area contributed by atoms with Crippen LogP contribution < -0.4 is 0 Å². The number of hydrogen-bond donors (Lipinski definition) is 4. The van der Waals surface area contributed by atoms with Gasteiger partial charge in [-0.15, -0.1) is 0 Å². The lowest BCUT2D eigenvalue weighted by Gasteiger charge is -2.00. The standard InChI is InChI=1S/2C7H4N2O7/c2*10-6-4(7(11)12)1-3(8(13)14)2-5(6)9(15)16/h2*1-2,10H,(H,11,12). The van der Waals surface area contributed by atoms with E-state index >= 15 is 0 Å². The van der Waals surface area contributed by atoms with E-state index in [1.165, 1.54) is 0 Å². The molecule has 0 aliphatic heterocycles. The third kappa shape index (κ3) is 5.34. The zero-order valence-corrected chi connectivity index (χ0v) is 15.0. The van der Waals surface area contributed by atoms with Gasteiger partial charge in [0.25, 0.3) is 11.4 Å². The van der Waals surface area contributed by atoms with Crippen molar-refractivity contribution in [1.82, 2.24) is 0 Å². The van der Waals surface area contributed by atoms with Crippen LogP contribution in [0.4, 0.5) is 22.7 Å². The van der Waals surface area contributed by atoms with Crippen LogP contribution in [0.1, 0.15) is 20.7 Å². The van der Waals surface area contributed by atoms with E-state index in [0.717, 1.165) is 0 Å². The van der Waals surface area contributed by atoms with Gasteiger partial charge in [-0.3, -0.25) is 40.5 Å². The second-order valence-electron chi connectivity index (χ2n) is 5.36. The van der Waals surface area contributed by atoms with Gasteiger partial charge in [0.15, 0.2) is 0 Å². The second kappa shape index (κ2) is 9.39. The molecule has 0 unspecified atom stereocenters. The molecule has 18 nitrogen and oxygen atoms in total. The Morgan fingerprint density at radius 3 is 1.06 bits per heavy atom. The summed E-state index contributed by atoms with van der Waals surface area (Å²) >= 11 is 0. The molecule has 0 heterocycles. The van der Waals surface area contributed by atoms with Crippen LogP contribution in [-0.4, -0.2) is 52.1 Å². The lowest BCUT2D eigenvalue weighted by Crippen LogP contribution is -2.02. The summed E-state index contributed by atoms with van der Waals surface area (Å²) in [4.78, 5) is 58.5. The quantitative estimate of drug-likeness (QED) is 0.356. The Balaban J connectivity index is 0.000000320. The zero-order valence-electron chi connectivity index (χ0n) is 15.0. The number of nitro benzene ring substituents is 4. The molecule has 4 N–H and O–H groups in total. The Morgan fingerprint density at radius 1 is 0.594 bits per heavy atom. The summed E-state index contributed by atoms with van der Waals surface area (Å²) in [7, 11) is 0. The van der Waals surface area contributed by atoms with Crippen LogP contribution in [0.15, 0.2) is 24.3 Å². The number of nitrogens with zero attached hydrogens (tertiary/aromatic N) is 4. The van der Waals surface area contributed by atoms with Crippen molar-refractivity contribution < 1.29 is 49.7 Å². The molecule has 0 fully saturated rings. The van der Waals surface area contributed by atoms with E-state index in [9.17, 15) is 60.3 Å². The van der Waals surface area contributed by atoms with Gasteiger partial charge in [0.2, 0.25) is 11.5 Å². The molecule has 0 atom stereocenters. The molecule has 0 aliphatic carbocycles. The number of aromatic hydroxyl groups is 2. The first kappa shape index (κ1) is 24.6. The van der Waals surface area contributed by atoms with E-state index in [-0.39, 0.29) is 0 Å². The molecule has 0 aliphatic rings. The number of carboxylic acid groups (broad SMARTS) is 2. The maximum Gasteiger partial charge on any atom is 0.340 e. The molecule has 0 saturated carbocycles. The van der Waals surface area contributed by atoms with Crippen molar-refractivity contribution in [2.24, 2.45) is 0 Å². The number of nitro groups is 4. The van der Waals surface area contributed by atoms with Gasteiger partial charge in [-0.2, -0.15) is 0 Å².